The van der Waals surface area contributed by atoms with Crippen LogP contribution in [0.1, 0.15) is 53.4 Å². The predicted molar refractivity (Wildman–Crippen MR) is 70.1 cm³/mol. The minimum absolute atomic E-state index is 0.188. The molecule has 0 heterocycles. The van der Waals surface area contributed by atoms with Crippen molar-refractivity contribution in [2.45, 2.75) is 59.4 Å². The molecule has 1 aliphatic rings. The number of carboxylic acid groups (broad SMARTS) is 1. The second-order valence-corrected chi connectivity index (χ2v) is 6.75. The van der Waals surface area contributed by atoms with Crippen LogP contribution in [0.5, 0.6) is 0 Å². The SMILES string of the molecule is CC(N(C)CC1(C(=O)O)CCCC1)C(C)(C)C. The molecule has 1 fully saturated rings. The van der Waals surface area contributed by atoms with Crippen LogP contribution in [0, 0.1) is 10.8 Å². The summed E-state index contributed by atoms with van der Waals surface area (Å²) >= 11 is 0. The Morgan fingerprint density at radius 3 is 2.18 bits per heavy atom. The maximum Gasteiger partial charge on any atom is 0.310 e. The summed E-state index contributed by atoms with van der Waals surface area (Å²) in [6, 6.07) is 0.388. The minimum atomic E-state index is -0.608. The zero-order valence-electron chi connectivity index (χ0n) is 11.9. The number of nitrogens with zero attached hydrogens (tertiary/aromatic N) is 1. The van der Waals surface area contributed by atoms with Gasteiger partial charge in [0.1, 0.15) is 0 Å². The Bertz CT molecular complexity index is 274. The van der Waals surface area contributed by atoms with E-state index in [9.17, 15) is 9.90 Å². The molecule has 1 atom stereocenters. The van der Waals surface area contributed by atoms with E-state index in [0.29, 0.717) is 12.6 Å². The van der Waals surface area contributed by atoms with Crippen molar-refractivity contribution >= 4 is 5.97 Å². The van der Waals surface area contributed by atoms with Gasteiger partial charge in [-0.15, -0.1) is 0 Å². The lowest BCUT2D eigenvalue weighted by Crippen LogP contribution is -2.47. The molecule has 0 aliphatic heterocycles. The zero-order valence-corrected chi connectivity index (χ0v) is 11.9. The summed E-state index contributed by atoms with van der Waals surface area (Å²) in [5.74, 6) is -0.608. The molecule has 3 nitrogen and oxygen atoms in total. The van der Waals surface area contributed by atoms with Gasteiger partial charge in [-0.3, -0.25) is 4.79 Å². The van der Waals surface area contributed by atoms with Gasteiger partial charge in [0.05, 0.1) is 5.41 Å². The van der Waals surface area contributed by atoms with Crippen molar-refractivity contribution in [1.29, 1.82) is 0 Å². The van der Waals surface area contributed by atoms with Gasteiger partial charge in [0.15, 0.2) is 0 Å². The molecule has 0 bridgehead atoms. The van der Waals surface area contributed by atoms with Crippen LogP contribution in [0.4, 0.5) is 0 Å². The first-order valence-corrected chi connectivity index (χ1v) is 6.63. The molecule has 1 saturated carbocycles. The molecule has 1 aliphatic carbocycles. The van der Waals surface area contributed by atoms with E-state index in [-0.39, 0.29) is 5.41 Å². The Hall–Kier alpha value is -0.570. The number of rotatable bonds is 4. The lowest BCUT2D eigenvalue weighted by atomic mass is 9.82. The van der Waals surface area contributed by atoms with Crippen LogP contribution < -0.4 is 0 Å². The molecule has 0 aromatic heterocycles. The molecule has 1 rings (SSSR count). The monoisotopic (exact) mass is 241 g/mol. The van der Waals surface area contributed by atoms with E-state index in [1.807, 2.05) is 0 Å². The van der Waals surface area contributed by atoms with Gasteiger partial charge in [0, 0.05) is 12.6 Å². The normalized spacial score (nSPS) is 21.8. The molecule has 0 saturated heterocycles. The minimum Gasteiger partial charge on any atom is -0.481 e. The highest BCUT2D eigenvalue weighted by Gasteiger charge is 2.43. The highest BCUT2D eigenvalue weighted by Crippen LogP contribution is 2.40. The van der Waals surface area contributed by atoms with E-state index >= 15 is 0 Å². The summed E-state index contributed by atoms with van der Waals surface area (Å²) in [6.07, 6.45) is 3.79. The Morgan fingerprint density at radius 2 is 1.82 bits per heavy atom. The van der Waals surface area contributed by atoms with Crippen molar-refractivity contribution in [1.82, 2.24) is 4.90 Å². The van der Waals surface area contributed by atoms with Crippen LogP contribution in [-0.2, 0) is 4.79 Å². The highest BCUT2D eigenvalue weighted by molar-refractivity contribution is 5.75. The Kier molecular flexibility index (Phi) is 4.23. The predicted octanol–water partition coefficient (Wildman–Crippen LogP) is 3.00. The second-order valence-electron chi connectivity index (χ2n) is 6.75. The summed E-state index contributed by atoms with van der Waals surface area (Å²) in [6.45, 7) is 9.48. The molecule has 0 aromatic carbocycles. The van der Waals surface area contributed by atoms with Crippen molar-refractivity contribution in [2.75, 3.05) is 13.6 Å². The van der Waals surface area contributed by atoms with E-state index in [4.69, 9.17) is 0 Å². The first-order chi connectivity index (χ1) is 7.69. The molecule has 1 N–H and O–H groups in total. The Morgan fingerprint density at radius 1 is 1.35 bits per heavy atom. The van der Waals surface area contributed by atoms with Gasteiger partial charge >= 0.3 is 5.97 Å². The first-order valence-electron chi connectivity index (χ1n) is 6.63. The molecule has 0 aromatic rings. The summed E-state index contributed by atoms with van der Waals surface area (Å²) in [4.78, 5) is 13.7. The van der Waals surface area contributed by atoms with Gasteiger partial charge in [0.25, 0.3) is 0 Å². The molecule has 1 unspecified atom stereocenters. The third-order valence-corrected chi connectivity index (χ3v) is 4.48. The van der Waals surface area contributed by atoms with Crippen molar-refractivity contribution in [2.24, 2.45) is 10.8 Å². The van der Waals surface area contributed by atoms with Crippen LogP contribution in [0.2, 0.25) is 0 Å². The maximum absolute atomic E-state index is 11.5. The van der Waals surface area contributed by atoms with Gasteiger partial charge in [0.2, 0.25) is 0 Å². The third-order valence-electron chi connectivity index (χ3n) is 4.48. The van der Waals surface area contributed by atoms with Crippen LogP contribution in [-0.4, -0.2) is 35.6 Å². The number of carboxylic acids is 1. The second kappa shape index (κ2) is 4.97. The number of carbonyl (C=O) groups is 1. The van der Waals surface area contributed by atoms with E-state index in [0.717, 1.165) is 25.7 Å². The largest absolute Gasteiger partial charge is 0.481 e. The van der Waals surface area contributed by atoms with Gasteiger partial charge in [-0.05, 0) is 32.2 Å². The fourth-order valence-corrected chi connectivity index (χ4v) is 2.77. The van der Waals surface area contributed by atoms with Crippen LogP contribution in [0.15, 0.2) is 0 Å². The zero-order chi connectivity index (χ0) is 13.3. The fourth-order valence-electron chi connectivity index (χ4n) is 2.77. The van der Waals surface area contributed by atoms with E-state index in [1.165, 1.54) is 0 Å². The van der Waals surface area contributed by atoms with Crippen LogP contribution in [0.3, 0.4) is 0 Å². The molecule has 0 spiro atoms. The number of aliphatic carboxylic acids is 1. The molecule has 0 radical (unpaired) electrons. The van der Waals surface area contributed by atoms with Gasteiger partial charge in [-0.25, -0.2) is 0 Å². The molecule has 100 valence electrons. The van der Waals surface area contributed by atoms with Crippen molar-refractivity contribution in [3.8, 4) is 0 Å². The summed E-state index contributed by atoms with van der Waals surface area (Å²) < 4.78 is 0. The van der Waals surface area contributed by atoms with Crippen molar-refractivity contribution in [3.05, 3.63) is 0 Å². The third kappa shape index (κ3) is 3.21. The molecular weight excluding hydrogens is 214 g/mol. The maximum atomic E-state index is 11.5. The lowest BCUT2D eigenvalue weighted by Gasteiger charge is -2.39. The number of hydrogen-bond donors (Lipinski definition) is 1. The summed E-state index contributed by atoms with van der Waals surface area (Å²) in [7, 11) is 2.05. The molecule has 0 amide bonds. The molecule has 3 heteroatoms. The van der Waals surface area contributed by atoms with Gasteiger partial charge < -0.3 is 10.0 Å². The topological polar surface area (TPSA) is 40.5 Å². The average molecular weight is 241 g/mol. The van der Waals surface area contributed by atoms with E-state index in [1.54, 1.807) is 0 Å². The van der Waals surface area contributed by atoms with Crippen molar-refractivity contribution < 1.29 is 9.90 Å². The van der Waals surface area contributed by atoms with Crippen molar-refractivity contribution in [3.63, 3.8) is 0 Å². The van der Waals surface area contributed by atoms with Gasteiger partial charge in [-0.1, -0.05) is 33.6 Å². The first kappa shape index (κ1) is 14.5. The summed E-state index contributed by atoms with van der Waals surface area (Å²) in [5, 5.41) is 9.47. The fraction of sp³-hybridized carbons (Fsp3) is 0.929. The highest BCUT2D eigenvalue weighted by atomic mass is 16.4. The van der Waals surface area contributed by atoms with Gasteiger partial charge in [-0.2, -0.15) is 0 Å². The van der Waals surface area contributed by atoms with E-state index < -0.39 is 11.4 Å². The number of hydrogen-bond acceptors (Lipinski definition) is 2. The quantitative estimate of drug-likeness (QED) is 0.822. The Labute approximate surface area is 105 Å². The van der Waals surface area contributed by atoms with Crippen LogP contribution >= 0.6 is 0 Å². The van der Waals surface area contributed by atoms with Crippen LogP contribution in [0.25, 0.3) is 0 Å². The van der Waals surface area contributed by atoms with E-state index in [2.05, 4.69) is 39.6 Å². The molecule has 17 heavy (non-hydrogen) atoms. The lowest BCUT2D eigenvalue weighted by molar-refractivity contribution is -0.150. The summed E-state index contributed by atoms with van der Waals surface area (Å²) in [5.41, 5.74) is -0.304. The standard InChI is InChI=1S/C14H27NO2/c1-11(13(2,3)4)15(5)10-14(12(16)17)8-6-7-9-14/h11H,6-10H2,1-5H3,(H,16,17). The Balaban J connectivity index is 2.72. The molecular formula is C14H27NO2. The smallest absolute Gasteiger partial charge is 0.310 e. The average Bonchev–Trinajstić information content (AvgIpc) is 2.64.